The highest BCUT2D eigenvalue weighted by Crippen LogP contribution is 2.43. The number of aromatic nitrogens is 3. The van der Waals surface area contributed by atoms with Gasteiger partial charge in [0.15, 0.2) is 17.5 Å². The van der Waals surface area contributed by atoms with Gasteiger partial charge in [0.1, 0.15) is 11.2 Å². The van der Waals surface area contributed by atoms with Crippen molar-refractivity contribution in [2.75, 3.05) is 0 Å². The molecule has 0 N–H and O–H groups in total. The van der Waals surface area contributed by atoms with Crippen LogP contribution in [0.5, 0.6) is 0 Å². The highest BCUT2D eigenvalue weighted by Gasteiger charge is 2.23. The largest absolute Gasteiger partial charge is 0.455 e. The van der Waals surface area contributed by atoms with E-state index in [1.165, 1.54) is 38.6 Å². The minimum Gasteiger partial charge on any atom is -0.455 e. The Hall–Kier alpha value is -6.39. The van der Waals surface area contributed by atoms with Crippen LogP contribution in [0.2, 0.25) is 0 Å². The van der Waals surface area contributed by atoms with E-state index < -0.39 is 0 Å². The first-order valence-corrected chi connectivity index (χ1v) is 17.7. The summed E-state index contributed by atoms with van der Waals surface area (Å²) < 4.78 is 6.71. The van der Waals surface area contributed by atoms with E-state index in [0.717, 1.165) is 69.9 Å². The van der Waals surface area contributed by atoms with Gasteiger partial charge in [-0.05, 0) is 76.4 Å². The molecule has 0 unspecified atom stereocenters. The molecule has 0 fully saturated rings. The van der Waals surface area contributed by atoms with E-state index in [-0.39, 0.29) is 0 Å². The molecule has 2 heterocycles. The van der Waals surface area contributed by atoms with Crippen molar-refractivity contribution in [2.45, 2.75) is 25.7 Å². The lowest BCUT2D eigenvalue weighted by Crippen LogP contribution is -2.02. The van der Waals surface area contributed by atoms with E-state index in [0.29, 0.717) is 17.5 Å². The number of rotatable bonds is 5. The summed E-state index contributed by atoms with van der Waals surface area (Å²) in [6.07, 6.45) is 15.6. The highest BCUT2D eigenvalue weighted by molar-refractivity contribution is 6.15. The number of fused-ring (bicyclic) bond motifs is 6. The normalized spacial score (nSPS) is 13.9. The SMILES string of the molecule is C1=CC(c2cc3c(oc4cccc(-c5nc(-c6ccccc6)nc(-c6ccc(-c7cccc8ccccc78)cc6)n5)c43)c3c2CCC=C3)=CCC1. The van der Waals surface area contributed by atoms with Gasteiger partial charge in [0.2, 0.25) is 0 Å². The Morgan fingerprint density at radius 3 is 2.06 bits per heavy atom. The molecule has 0 aliphatic heterocycles. The van der Waals surface area contributed by atoms with Crippen LogP contribution in [0.25, 0.3) is 89.7 Å². The third-order valence-electron chi connectivity index (χ3n) is 10.2. The van der Waals surface area contributed by atoms with Crippen molar-refractivity contribution in [3.8, 4) is 45.3 Å². The zero-order chi connectivity index (χ0) is 33.7. The smallest absolute Gasteiger partial charge is 0.164 e. The third kappa shape index (κ3) is 5.11. The van der Waals surface area contributed by atoms with Crippen molar-refractivity contribution in [3.63, 3.8) is 0 Å². The Kier molecular flexibility index (Phi) is 7.05. The second kappa shape index (κ2) is 12.2. The molecule has 0 atom stereocenters. The fourth-order valence-electron chi connectivity index (χ4n) is 7.77. The summed E-state index contributed by atoms with van der Waals surface area (Å²) in [5, 5.41) is 4.57. The summed E-state index contributed by atoms with van der Waals surface area (Å²) >= 11 is 0. The average molecular weight is 656 g/mol. The minimum atomic E-state index is 0.622. The molecule has 0 amide bonds. The molecule has 4 heteroatoms. The van der Waals surface area contributed by atoms with E-state index in [1.54, 1.807) is 0 Å². The zero-order valence-electron chi connectivity index (χ0n) is 28.0. The van der Waals surface area contributed by atoms with Crippen LogP contribution in [0.4, 0.5) is 0 Å². The molecule has 4 nitrogen and oxygen atoms in total. The predicted molar refractivity (Wildman–Crippen MR) is 210 cm³/mol. The molecular formula is C47H33N3O. The van der Waals surface area contributed by atoms with Gasteiger partial charge in [0.25, 0.3) is 0 Å². The maximum atomic E-state index is 6.71. The van der Waals surface area contributed by atoms with Gasteiger partial charge in [-0.15, -0.1) is 0 Å². The van der Waals surface area contributed by atoms with Crippen LogP contribution in [0.3, 0.4) is 0 Å². The molecule has 51 heavy (non-hydrogen) atoms. The van der Waals surface area contributed by atoms with Crippen molar-refractivity contribution in [2.24, 2.45) is 0 Å². The number of hydrogen-bond acceptors (Lipinski definition) is 4. The van der Waals surface area contributed by atoms with Crippen LogP contribution in [-0.4, -0.2) is 15.0 Å². The molecule has 0 bridgehead atoms. The van der Waals surface area contributed by atoms with Gasteiger partial charge in [-0.1, -0.05) is 140 Å². The standard InChI is InChI=1S/C47H33N3O/c1-3-13-31(14-4-1)40-29-41-43-39(23-12-24-42(43)51-44(41)38-21-10-9-20-37(38)40)47-49-45(33-16-5-2-6-17-33)48-46(50-47)34-27-25-32(26-28-34)36-22-11-18-30-15-7-8-19-35(30)36/h2-3,5-8,10-19,21-29H,1,4,9,20H2. The molecule has 2 aliphatic carbocycles. The lowest BCUT2D eigenvalue weighted by molar-refractivity contribution is 0.666. The summed E-state index contributed by atoms with van der Waals surface area (Å²) in [5.41, 5.74) is 12.1. The summed E-state index contributed by atoms with van der Waals surface area (Å²) in [7, 11) is 0. The van der Waals surface area contributed by atoms with Crippen LogP contribution >= 0.6 is 0 Å². The lowest BCUT2D eigenvalue weighted by atomic mass is 9.85. The molecule has 0 spiro atoms. The van der Waals surface area contributed by atoms with Crippen molar-refractivity contribution in [1.29, 1.82) is 0 Å². The number of benzene rings is 6. The zero-order valence-corrected chi connectivity index (χ0v) is 28.0. The van der Waals surface area contributed by atoms with Crippen LogP contribution in [0, 0.1) is 0 Å². The molecule has 242 valence electrons. The van der Waals surface area contributed by atoms with Gasteiger partial charge < -0.3 is 4.42 Å². The fraction of sp³-hybridized carbons (Fsp3) is 0.0851. The van der Waals surface area contributed by atoms with Gasteiger partial charge in [0, 0.05) is 33.0 Å². The quantitative estimate of drug-likeness (QED) is 0.185. The van der Waals surface area contributed by atoms with Crippen LogP contribution in [-0.2, 0) is 6.42 Å². The summed E-state index contributed by atoms with van der Waals surface area (Å²) in [6.45, 7) is 0. The van der Waals surface area contributed by atoms with E-state index in [2.05, 4.69) is 127 Å². The summed E-state index contributed by atoms with van der Waals surface area (Å²) in [5.74, 6) is 1.89. The fourth-order valence-corrected chi connectivity index (χ4v) is 7.77. The average Bonchev–Trinajstić information content (AvgIpc) is 3.60. The van der Waals surface area contributed by atoms with Crippen molar-refractivity contribution >= 4 is 44.4 Å². The van der Waals surface area contributed by atoms with Crippen LogP contribution in [0.15, 0.2) is 150 Å². The van der Waals surface area contributed by atoms with Crippen LogP contribution in [0.1, 0.15) is 36.0 Å². The third-order valence-corrected chi connectivity index (χ3v) is 10.2. The van der Waals surface area contributed by atoms with Gasteiger partial charge in [-0.2, -0.15) is 0 Å². The number of allylic oxidation sites excluding steroid dienone is 5. The lowest BCUT2D eigenvalue weighted by Gasteiger charge is -2.18. The Balaban J connectivity index is 1.17. The van der Waals surface area contributed by atoms with E-state index in [4.69, 9.17) is 19.4 Å². The number of furan rings is 1. The molecule has 2 aromatic heterocycles. The second-order valence-electron chi connectivity index (χ2n) is 13.3. The van der Waals surface area contributed by atoms with Gasteiger partial charge in [0.05, 0.1) is 0 Å². The number of nitrogens with zero attached hydrogens (tertiary/aromatic N) is 3. The van der Waals surface area contributed by atoms with E-state index in [1.807, 2.05) is 24.3 Å². The highest BCUT2D eigenvalue weighted by atomic mass is 16.3. The Labute approximate surface area is 296 Å². The monoisotopic (exact) mass is 655 g/mol. The summed E-state index contributed by atoms with van der Waals surface area (Å²) in [6, 6.07) is 42.3. The molecule has 0 saturated heterocycles. The predicted octanol–water partition coefficient (Wildman–Crippen LogP) is 12.3. The van der Waals surface area contributed by atoms with Crippen LogP contribution < -0.4 is 0 Å². The first-order chi connectivity index (χ1) is 25.3. The second-order valence-corrected chi connectivity index (χ2v) is 13.3. The Morgan fingerprint density at radius 2 is 1.22 bits per heavy atom. The van der Waals surface area contributed by atoms with Crippen molar-refractivity contribution in [3.05, 3.63) is 162 Å². The first kappa shape index (κ1) is 29.5. The summed E-state index contributed by atoms with van der Waals surface area (Å²) in [4.78, 5) is 15.4. The maximum absolute atomic E-state index is 6.71. The molecule has 6 aromatic carbocycles. The van der Waals surface area contributed by atoms with E-state index in [9.17, 15) is 0 Å². The first-order valence-electron chi connectivity index (χ1n) is 17.7. The van der Waals surface area contributed by atoms with Gasteiger partial charge in [-0.25, -0.2) is 15.0 Å². The minimum absolute atomic E-state index is 0.622. The molecular weight excluding hydrogens is 623 g/mol. The molecule has 10 rings (SSSR count). The maximum Gasteiger partial charge on any atom is 0.164 e. The number of hydrogen-bond donors (Lipinski definition) is 0. The molecule has 0 radical (unpaired) electrons. The van der Waals surface area contributed by atoms with E-state index >= 15 is 0 Å². The van der Waals surface area contributed by atoms with Crippen molar-refractivity contribution in [1.82, 2.24) is 15.0 Å². The molecule has 8 aromatic rings. The van der Waals surface area contributed by atoms with Crippen molar-refractivity contribution < 1.29 is 4.42 Å². The Morgan fingerprint density at radius 1 is 0.510 bits per heavy atom. The Bertz CT molecular complexity index is 2730. The topological polar surface area (TPSA) is 51.8 Å². The molecule has 2 aliphatic rings. The van der Waals surface area contributed by atoms with Gasteiger partial charge >= 0.3 is 0 Å². The molecule has 0 saturated carbocycles. The van der Waals surface area contributed by atoms with Gasteiger partial charge in [-0.3, -0.25) is 0 Å².